The molecule has 0 aliphatic rings. The molecule has 33 heavy (non-hydrogen) atoms. The van der Waals surface area contributed by atoms with E-state index in [0.29, 0.717) is 0 Å². The molecule has 13 nitrogen and oxygen atoms in total. The number of aromatic nitrogens is 4. The molecule has 0 saturated carbocycles. The fourth-order valence-electron chi connectivity index (χ4n) is 3.25. The van der Waals surface area contributed by atoms with Crippen LogP contribution in [0.3, 0.4) is 0 Å². The third kappa shape index (κ3) is 6.38. The minimum Gasteiger partial charge on any atom is -0.480 e. The summed E-state index contributed by atoms with van der Waals surface area (Å²) >= 11 is 0. The van der Waals surface area contributed by atoms with Crippen LogP contribution < -0.4 is 22.5 Å². The number of aliphatic carboxylic acids is 2. The molecule has 0 fully saturated rings. The van der Waals surface area contributed by atoms with Crippen molar-refractivity contribution in [3.8, 4) is 0 Å². The molecular weight excluding hydrogens is 440 g/mol. The van der Waals surface area contributed by atoms with E-state index in [2.05, 4.69) is 0 Å². The number of carboxylic acid groups (broad SMARTS) is 2. The molecule has 13 heteroatoms. The lowest BCUT2D eigenvalue weighted by molar-refractivity contribution is -0.138. The molecule has 0 saturated heterocycles. The Bertz CT molecular complexity index is 1280. The van der Waals surface area contributed by atoms with Gasteiger partial charge in [0.25, 0.3) is 11.1 Å². The molecule has 2 rings (SSSR count). The van der Waals surface area contributed by atoms with Gasteiger partial charge in [-0.15, -0.1) is 0 Å². The number of hydrogen-bond acceptors (Lipinski definition) is 7. The summed E-state index contributed by atoms with van der Waals surface area (Å²) in [5, 5.41) is 17.8. The van der Waals surface area contributed by atoms with Crippen LogP contribution in [0.25, 0.3) is 0 Å². The lowest BCUT2D eigenvalue weighted by atomic mass is 10.2. The SMILES string of the molecule is Cc1cn(CC(=O)O)c(=O)n(CCOC(C)CCn2c(=O)c(C)cn(CC(=O)O)c2=O)c1=O. The maximum atomic E-state index is 12.4. The fraction of sp³-hybridized carbons (Fsp3) is 0.500. The molecule has 1 unspecified atom stereocenters. The topological polar surface area (TPSA) is 172 Å². The van der Waals surface area contributed by atoms with E-state index in [4.69, 9.17) is 14.9 Å². The van der Waals surface area contributed by atoms with Gasteiger partial charge in [0.15, 0.2) is 0 Å². The highest BCUT2D eigenvalue weighted by atomic mass is 16.5. The van der Waals surface area contributed by atoms with Crippen molar-refractivity contribution in [3.63, 3.8) is 0 Å². The van der Waals surface area contributed by atoms with E-state index < -0.39 is 53.6 Å². The second kappa shape index (κ2) is 10.7. The largest absolute Gasteiger partial charge is 0.480 e. The van der Waals surface area contributed by atoms with E-state index in [-0.39, 0.29) is 37.2 Å². The molecule has 0 amide bonds. The highest BCUT2D eigenvalue weighted by molar-refractivity contribution is 5.66. The Balaban J connectivity index is 2.06. The van der Waals surface area contributed by atoms with Gasteiger partial charge in [-0.2, -0.15) is 0 Å². The highest BCUT2D eigenvalue weighted by Gasteiger charge is 2.14. The van der Waals surface area contributed by atoms with Crippen molar-refractivity contribution < 1.29 is 24.5 Å². The Labute approximate surface area is 186 Å². The first kappa shape index (κ1) is 25.5. The van der Waals surface area contributed by atoms with Crippen LogP contribution in [0.1, 0.15) is 24.5 Å². The molecule has 0 aliphatic heterocycles. The molecule has 2 heterocycles. The zero-order valence-corrected chi connectivity index (χ0v) is 18.5. The van der Waals surface area contributed by atoms with Crippen molar-refractivity contribution in [3.05, 3.63) is 65.2 Å². The van der Waals surface area contributed by atoms with Gasteiger partial charge in [-0.3, -0.25) is 37.4 Å². The number of rotatable bonds is 11. The molecule has 2 N–H and O–H groups in total. The minimum atomic E-state index is -1.22. The smallest absolute Gasteiger partial charge is 0.331 e. The third-order valence-corrected chi connectivity index (χ3v) is 4.90. The highest BCUT2D eigenvalue weighted by Crippen LogP contribution is 2.00. The van der Waals surface area contributed by atoms with E-state index in [1.54, 1.807) is 6.92 Å². The Morgan fingerprint density at radius 1 is 0.848 bits per heavy atom. The molecular formula is C20H26N4O9. The van der Waals surface area contributed by atoms with Gasteiger partial charge >= 0.3 is 23.3 Å². The van der Waals surface area contributed by atoms with Crippen LogP contribution >= 0.6 is 0 Å². The Kier molecular flexibility index (Phi) is 8.29. The number of carboxylic acids is 2. The van der Waals surface area contributed by atoms with Crippen molar-refractivity contribution in [2.75, 3.05) is 6.61 Å². The second-order valence-corrected chi connectivity index (χ2v) is 7.62. The molecule has 0 bridgehead atoms. The van der Waals surface area contributed by atoms with Gasteiger partial charge in [0, 0.05) is 30.1 Å². The van der Waals surface area contributed by atoms with Crippen LogP contribution in [0.15, 0.2) is 31.6 Å². The Hall–Kier alpha value is -3.74. The molecule has 0 aromatic carbocycles. The average molecular weight is 466 g/mol. The summed E-state index contributed by atoms with van der Waals surface area (Å²) in [5.74, 6) is -2.44. The van der Waals surface area contributed by atoms with Crippen molar-refractivity contribution in [2.45, 2.75) is 59.5 Å². The number of carbonyl (C=O) groups is 2. The van der Waals surface area contributed by atoms with Crippen LogP contribution in [0.5, 0.6) is 0 Å². The van der Waals surface area contributed by atoms with Crippen molar-refractivity contribution in [1.29, 1.82) is 0 Å². The predicted octanol–water partition coefficient (Wildman–Crippen LogP) is -1.39. The number of nitrogens with zero attached hydrogens (tertiary/aromatic N) is 4. The number of aryl methyl sites for hydroxylation is 2. The summed E-state index contributed by atoms with van der Waals surface area (Å²) in [6, 6.07) is 0. The summed E-state index contributed by atoms with van der Waals surface area (Å²) in [6.07, 6.45) is 2.16. The third-order valence-electron chi connectivity index (χ3n) is 4.90. The van der Waals surface area contributed by atoms with Crippen LogP contribution in [0.4, 0.5) is 0 Å². The second-order valence-electron chi connectivity index (χ2n) is 7.62. The molecule has 0 spiro atoms. The van der Waals surface area contributed by atoms with Crippen LogP contribution in [-0.4, -0.2) is 53.1 Å². The van der Waals surface area contributed by atoms with E-state index >= 15 is 0 Å². The van der Waals surface area contributed by atoms with E-state index in [0.717, 1.165) is 18.3 Å². The normalized spacial score (nSPS) is 12.0. The van der Waals surface area contributed by atoms with E-state index in [1.165, 1.54) is 26.2 Å². The van der Waals surface area contributed by atoms with Crippen molar-refractivity contribution in [2.24, 2.45) is 0 Å². The van der Waals surface area contributed by atoms with Gasteiger partial charge in [-0.05, 0) is 27.2 Å². The first-order valence-electron chi connectivity index (χ1n) is 10.1. The molecule has 1 atom stereocenters. The molecule has 0 radical (unpaired) electrons. The van der Waals surface area contributed by atoms with Gasteiger partial charge in [0.05, 0.1) is 19.3 Å². The summed E-state index contributed by atoms with van der Waals surface area (Å²) < 4.78 is 9.30. The standard InChI is InChI=1S/C20H26N4O9/c1-12-8-21(10-15(25)26)19(31)23(17(12)29)5-4-14(3)33-7-6-24-18(30)13(2)9-22(20(24)32)11-16(27)28/h8-9,14H,4-7,10-11H2,1-3H3,(H,25,26)(H,27,28). The summed E-state index contributed by atoms with van der Waals surface area (Å²) in [6.45, 7) is 3.30. The summed E-state index contributed by atoms with van der Waals surface area (Å²) in [7, 11) is 0. The molecule has 0 aliphatic carbocycles. The van der Waals surface area contributed by atoms with E-state index in [9.17, 15) is 28.8 Å². The predicted molar refractivity (Wildman–Crippen MR) is 115 cm³/mol. The Morgan fingerprint density at radius 3 is 1.70 bits per heavy atom. The average Bonchev–Trinajstić information content (AvgIpc) is 2.72. The fourth-order valence-corrected chi connectivity index (χ4v) is 3.25. The molecule has 180 valence electrons. The lowest BCUT2D eigenvalue weighted by Gasteiger charge is -2.16. The van der Waals surface area contributed by atoms with Crippen molar-refractivity contribution >= 4 is 11.9 Å². The van der Waals surface area contributed by atoms with Crippen LogP contribution in [0.2, 0.25) is 0 Å². The van der Waals surface area contributed by atoms with Crippen LogP contribution in [-0.2, 0) is 40.5 Å². The van der Waals surface area contributed by atoms with Crippen LogP contribution in [0, 0.1) is 13.8 Å². The first-order valence-corrected chi connectivity index (χ1v) is 10.1. The maximum absolute atomic E-state index is 12.4. The maximum Gasteiger partial charge on any atom is 0.331 e. The number of ether oxygens (including phenoxy) is 1. The monoisotopic (exact) mass is 466 g/mol. The molecule has 2 aromatic rings. The molecule has 2 aromatic heterocycles. The van der Waals surface area contributed by atoms with Gasteiger partial charge in [0.1, 0.15) is 13.1 Å². The quantitative estimate of drug-likeness (QED) is 0.404. The minimum absolute atomic E-state index is 0.0179. The van der Waals surface area contributed by atoms with Crippen molar-refractivity contribution in [1.82, 2.24) is 18.3 Å². The summed E-state index contributed by atoms with van der Waals surface area (Å²) in [4.78, 5) is 71.2. The van der Waals surface area contributed by atoms with Gasteiger partial charge in [-0.25, -0.2) is 9.59 Å². The summed E-state index contributed by atoms with van der Waals surface area (Å²) in [5.41, 5.74) is -2.16. The zero-order valence-electron chi connectivity index (χ0n) is 18.5. The van der Waals surface area contributed by atoms with Gasteiger partial charge in [-0.1, -0.05) is 0 Å². The zero-order chi connectivity index (χ0) is 24.9. The number of hydrogen-bond donors (Lipinski definition) is 2. The van der Waals surface area contributed by atoms with Gasteiger partial charge < -0.3 is 14.9 Å². The van der Waals surface area contributed by atoms with Gasteiger partial charge in [0.2, 0.25) is 0 Å². The van der Waals surface area contributed by atoms with E-state index in [1.807, 2.05) is 0 Å². The lowest BCUT2D eigenvalue weighted by Crippen LogP contribution is -2.43. The Morgan fingerprint density at radius 2 is 1.27 bits per heavy atom. The first-order chi connectivity index (χ1) is 15.4.